The van der Waals surface area contributed by atoms with Crippen LogP contribution >= 0.6 is 0 Å². The maximum atomic E-state index is 12.6. The minimum Gasteiger partial charge on any atom is -0.496 e. The summed E-state index contributed by atoms with van der Waals surface area (Å²) in [5.41, 5.74) is 0.735. The maximum Gasteiger partial charge on any atom is 0.243 e. The predicted octanol–water partition coefficient (Wildman–Crippen LogP) is 0.270. The molecule has 0 saturated carbocycles. The summed E-state index contributed by atoms with van der Waals surface area (Å²) in [6.45, 7) is 2.43. The van der Waals surface area contributed by atoms with Gasteiger partial charge in [-0.25, -0.2) is 16.8 Å². The molecule has 0 unspecified atom stereocenters. The zero-order chi connectivity index (χ0) is 16.5. The van der Waals surface area contributed by atoms with Crippen LogP contribution in [0.1, 0.15) is 5.56 Å². The molecule has 0 aromatic heterocycles. The molecule has 1 aromatic carbocycles. The lowest BCUT2D eigenvalue weighted by Gasteiger charge is -2.32. The third-order valence-electron chi connectivity index (χ3n) is 3.67. The van der Waals surface area contributed by atoms with Crippen molar-refractivity contribution in [1.82, 2.24) is 8.61 Å². The minimum absolute atomic E-state index is 0.153. The topological polar surface area (TPSA) is 84.0 Å². The fourth-order valence-corrected chi connectivity index (χ4v) is 4.74. The van der Waals surface area contributed by atoms with E-state index < -0.39 is 20.0 Å². The summed E-state index contributed by atoms with van der Waals surface area (Å²) in [5, 5.41) is 0. The van der Waals surface area contributed by atoms with E-state index >= 15 is 0 Å². The molecule has 1 heterocycles. The smallest absolute Gasteiger partial charge is 0.243 e. The SMILES string of the molecule is COc1ccc(S(=O)(=O)N2CCN(S(C)(=O)=O)CC2)cc1C. The van der Waals surface area contributed by atoms with Crippen LogP contribution in [0.4, 0.5) is 0 Å². The number of hydrogen-bond donors (Lipinski definition) is 0. The summed E-state index contributed by atoms with van der Waals surface area (Å²) < 4.78 is 55.9. The van der Waals surface area contributed by atoms with Gasteiger partial charge in [0.05, 0.1) is 18.3 Å². The highest BCUT2D eigenvalue weighted by Crippen LogP contribution is 2.24. The van der Waals surface area contributed by atoms with Gasteiger partial charge in [-0.3, -0.25) is 0 Å². The van der Waals surface area contributed by atoms with Gasteiger partial charge in [0.1, 0.15) is 5.75 Å². The molecule has 0 bridgehead atoms. The molecule has 0 radical (unpaired) electrons. The second kappa shape index (κ2) is 6.15. The molecule has 0 atom stereocenters. The van der Waals surface area contributed by atoms with Crippen molar-refractivity contribution >= 4 is 20.0 Å². The normalized spacial score (nSPS) is 18.3. The number of sulfonamides is 2. The Balaban J connectivity index is 2.20. The number of ether oxygens (including phenoxy) is 1. The average molecular weight is 348 g/mol. The molecule has 0 N–H and O–H groups in total. The van der Waals surface area contributed by atoms with Crippen LogP contribution in [0.2, 0.25) is 0 Å². The van der Waals surface area contributed by atoms with Crippen molar-refractivity contribution in [3.05, 3.63) is 23.8 Å². The van der Waals surface area contributed by atoms with Gasteiger partial charge in [-0.1, -0.05) is 0 Å². The molecule has 1 aliphatic rings. The number of piperazine rings is 1. The molecule has 7 nitrogen and oxygen atoms in total. The highest BCUT2D eigenvalue weighted by atomic mass is 32.2. The van der Waals surface area contributed by atoms with Crippen LogP contribution in [0.5, 0.6) is 5.75 Å². The van der Waals surface area contributed by atoms with Crippen LogP contribution in [-0.2, 0) is 20.0 Å². The largest absolute Gasteiger partial charge is 0.496 e. The minimum atomic E-state index is -3.62. The molecule has 1 fully saturated rings. The molecule has 0 amide bonds. The Morgan fingerprint density at radius 1 is 1.00 bits per heavy atom. The Hall–Kier alpha value is -1.16. The van der Waals surface area contributed by atoms with Gasteiger partial charge in [0.2, 0.25) is 20.0 Å². The summed E-state index contributed by atoms with van der Waals surface area (Å²) >= 11 is 0. The van der Waals surface area contributed by atoms with E-state index in [4.69, 9.17) is 4.74 Å². The number of methoxy groups -OCH3 is 1. The monoisotopic (exact) mass is 348 g/mol. The first kappa shape index (κ1) is 17.2. The van der Waals surface area contributed by atoms with Gasteiger partial charge in [0.15, 0.2) is 0 Å². The molecule has 1 aliphatic heterocycles. The zero-order valence-corrected chi connectivity index (χ0v) is 14.4. The molecule has 0 aliphatic carbocycles. The third kappa shape index (κ3) is 3.43. The van der Waals surface area contributed by atoms with Crippen molar-refractivity contribution in [2.45, 2.75) is 11.8 Å². The van der Waals surface area contributed by atoms with Crippen molar-refractivity contribution in [3.8, 4) is 5.75 Å². The van der Waals surface area contributed by atoms with Crippen LogP contribution in [-0.4, -0.2) is 65.0 Å². The Morgan fingerprint density at radius 2 is 1.55 bits per heavy atom. The van der Waals surface area contributed by atoms with Crippen molar-refractivity contribution < 1.29 is 21.6 Å². The summed E-state index contributed by atoms with van der Waals surface area (Å²) in [4.78, 5) is 0.193. The van der Waals surface area contributed by atoms with Gasteiger partial charge in [-0.2, -0.15) is 8.61 Å². The summed E-state index contributed by atoms with van der Waals surface area (Å²) in [6, 6.07) is 4.69. The van der Waals surface area contributed by atoms with Gasteiger partial charge >= 0.3 is 0 Å². The second-order valence-electron chi connectivity index (χ2n) is 5.20. The quantitative estimate of drug-likeness (QED) is 0.780. The Morgan fingerprint density at radius 3 is 2.00 bits per heavy atom. The molecule has 2 rings (SSSR count). The van der Waals surface area contributed by atoms with E-state index in [-0.39, 0.29) is 31.1 Å². The van der Waals surface area contributed by atoms with Crippen molar-refractivity contribution in [3.63, 3.8) is 0 Å². The molecule has 0 spiro atoms. The summed E-state index contributed by atoms with van der Waals surface area (Å²) in [6.07, 6.45) is 1.13. The van der Waals surface area contributed by atoms with E-state index in [0.717, 1.165) is 11.8 Å². The van der Waals surface area contributed by atoms with E-state index in [1.807, 2.05) is 0 Å². The number of aryl methyl sites for hydroxylation is 1. The lowest BCUT2D eigenvalue weighted by atomic mass is 10.2. The maximum absolute atomic E-state index is 12.6. The van der Waals surface area contributed by atoms with E-state index in [1.54, 1.807) is 19.1 Å². The van der Waals surface area contributed by atoms with Gasteiger partial charge in [0.25, 0.3) is 0 Å². The number of benzene rings is 1. The Labute approximate surface area is 131 Å². The van der Waals surface area contributed by atoms with Gasteiger partial charge in [-0.15, -0.1) is 0 Å². The van der Waals surface area contributed by atoms with Gasteiger partial charge in [0, 0.05) is 26.2 Å². The van der Waals surface area contributed by atoms with Crippen molar-refractivity contribution in [1.29, 1.82) is 0 Å². The molecule has 22 heavy (non-hydrogen) atoms. The standard InChI is InChI=1S/C13H20N2O5S2/c1-11-10-12(4-5-13(11)20-2)22(18,19)15-8-6-14(7-9-15)21(3,16)17/h4-5,10H,6-9H2,1-3H3. The van der Waals surface area contributed by atoms with E-state index in [2.05, 4.69) is 0 Å². The van der Waals surface area contributed by atoms with E-state index in [9.17, 15) is 16.8 Å². The van der Waals surface area contributed by atoms with Crippen molar-refractivity contribution in [2.24, 2.45) is 0 Å². The van der Waals surface area contributed by atoms with Crippen LogP contribution in [0.3, 0.4) is 0 Å². The number of hydrogen-bond acceptors (Lipinski definition) is 5. The number of rotatable bonds is 4. The van der Waals surface area contributed by atoms with E-state index in [0.29, 0.717) is 5.75 Å². The number of nitrogens with zero attached hydrogens (tertiary/aromatic N) is 2. The summed E-state index contributed by atoms with van der Waals surface area (Å²) in [5.74, 6) is 0.626. The molecule has 9 heteroatoms. The van der Waals surface area contributed by atoms with Crippen LogP contribution < -0.4 is 4.74 Å². The first-order valence-electron chi connectivity index (χ1n) is 6.76. The van der Waals surface area contributed by atoms with Crippen LogP contribution in [0.15, 0.2) is 23.1 Å². The lowest BCUT2D eigenvalue weighted by molar-refractivity contribution is 0.274. The first-order valence-corrected chi connectivity index (χ1v) is 10.0. The van der Waals surface area contributed by atoms with Crippen molar-refractivity contribution in [2.75, 3.05) is 39.5 Å². The molecular formula is C13H20N2O5S2. The van der Waals surface area contributed by atoms with E-state index in [1.165, 1.54) is 21.8 Å². The lowest BCUT2D eigenvalue weighted by Crippen LogP contribution is -2.50. The Kier molecular flexibility index (Phi) is 4.81. The first-order chi connectivity index (χ1) is 10.2. The molecule has 124 valence electrons. The highest BCUT2D eigenvalue weighted by Gasteiger charge is 2.31. The average Bonchev–Trinajstić information content (AvgIpc) is 2.46. The fraction of sp³-hybridized carbons (Fsp3) is 0.538. The molecular weight excluding hydrogens is 328 g/mol. The van der Waals surface area contributed by atoms with Crippen LogP contribution in [0.25, 0.3) is 0 Å². The fourth-order valence-electron chi connectivity index (χ4n) is 2.40. The third-order valence-corrected chi connectivity index (χ3v) is 6.87. The van der Waals surface area contributed by atoms with Crippen LogP contribution in [0, 0.1) is 6.92 Å². The zero-order valence-electron chi connectivity index (χ0n) is 12.8. The predicted molar refractivity (Wildman–Crippen MR) is 82.9 cm³/mol. The molecule has 1 aromatic rings. The Bertz CT molecular complexity index is 751. The van der Waals surface area contributed by atoms with Gasteiger partial charge in [-0.05, 0) is 30.7 Å². The second-order valence-corrected chi connectivity index (χ2v) is 9.12. The van der Waals surface area contributed by atoms with Gasteiger partial charge < -0.3 is 4.74 Å². The highest BCUT2D eigenvalue weighted by molar-refractivity contribution is 7.89. The summed E-state index contributed by atoms with van der Waals surface area (Å²) in [7, 11) is -5.37. The molecule has 1 saturated heterocycles.